The van der Waals surface area contributed by atoms with Crippen molar-refractivity contribution in [3.05, 3.63) is 162 Å². The van der Waals surface area contributed by atoms with E-state index in [4.69, 9.17) is 11.6 Å². The molecule has 0 saturated carbocycles. The maximum Gasteiger partial charge on any atom is 0.0881 e. The third-order valence-electron chi connectivity index (χ3n) is 6.92. The van der Waals surface area contributed by atoms with Crippen molar-refractivity contribution in [1.82, 2.24) is 0 Å². The summed E-state index contributed by atoms with van der Waals surface area (Å²) in [6.45, 7) is 2.11. The molecule has 6 rings (SSSR count). The molecule has 3 heteroatoms. The Balaban J connectivity index is 1.52. The van der Waals surface area contributed by atoms with Crippen LogP contribution >= 0.6 is 11.6 Å². The summed E-state index contributed by atoms with van der Waals surface area (Å²) in [4.78, 5) is 2.23. The van der Waals surface area contributed by atoms with E-state index >= 15 is 0 Å². The Bertz CT molecular complexity index is 1730. The second kappa shape index (κ2) is 11.5. The van der Waals surface area contributed by atoms with Crippen LogP contribution in [0.1, 0.15) is 5.56 Å². The number of hydrogen-bond acceptors (Lipinski definition) is 2. The van der Waals surface area contributed by atoms with Crippen molar-refractivity contribution in [2.75, 3.05) is 10.2 Å². The molecule has 0 unspecified atom stereocenters. The highest BCUT2D eigenvalue weighted by Crippen LogP contribution is 2.45. The third-order valence-corrected chi connectivity index (χ3v) is 7.32. The van der Waals surface area contributed by atoms with Crippen molar-refractivity contribution in [2.45, 2.75) is 6.92 Å². The molecule has 0 bridgehead atoms. The van der Waals surface area contributed by atoms with Crippen molar-refractivity contribution < 1.29 is 0 Å². The van der Waals surface area contributed by atoms with Gasteiger partial charge in [-0.15, -0.1) is 0 Å². The lowest BCUT2D eigenvalue weighted by Crippen LogP contribution is -2.11. The second-order valence-electron chi connectivity index (χ2n) is 9.80. The SMILES string of the molecule is Cc1cccc(N(c2ccccc2)c2cc(-c3ccccc3)cc(Nc3cccc(-c4ccccc4)c3)c2Cl)c1. The van der Waals surface area contributed by atoms with Crippen molar-refractivity contribution >= 4 is 40.0 Å². The van der Waals surface area contributed by atoms with Gasteiger partial charge in [-0.05, 0) is 83.3 Å². The van der Waals surface area contributed by atoms with Gasteiger partial charge in [0.25, 0.3) is 0 Å². The number of hydrogen-bond donors (Lipinski definition) is 1. The van der Waals surface area contributed by atoms with E-state index in [1.54, 1.807) is 0 Å². The lowest BCUT2D eigenvalue weighted by molar-refractivity contribution is 1.27. The van der Waals surface area contributed by atoms with Crippen molar-refractivity contribution in [3.8, 4) is 22.3 Å². The molecular formula is C37H29ClN2. The minimum absolute atomic E-state index is 0.648. The van der Waals surface area contributed by atoms with Crippen LogP contribution in [0.3, 0.4) is 0 Å². The molecule has 6 aromatic carbocycles. The van der Waals surface area contributed by atoms with Gasteiger partial charge in [0.05, 0.1) is 16.4 Å². The number of para-hydroxylation sites is 1. The van der Waals surface area contributed by atoms with Gasteiger partial charge < -0.3 is 10.2 Å². The summed E-state index contributed by atoms with van der Waals surface area (Å²) in [7, 11) is 0. The fraction of sp³-hybridized carbons (Fsp3) is 0.0270. The first-order valence-electron chi connectivity index (χ1n) is 13.4. The van der Waals surface area contributed by atoms with E-state index in [0.29, 0.717) is 5.02 Å². The van der Waals surface area contributed by atoms with E-state index in [-0.39, 0.29) is 0 Å². The number of nitrogens with zero attached hydrogens (tertiary/aromatic N) is 1. The minimum atomic E-state index is 0.648. The third kappa shape index (κ3) is 5.49. The van der Waals surface area contributed by atoms with Crippen LogP contribution in [0.5, 0.6) is 0 Å². The van der Waals surface area contributed by atoms with Crippen molar-refractivity contribution in [1.29, 1.82) is 0 Å². The number of rotatable bonds is 7. The Hall–Kier alpha value is -4.79. The molecule has 2 nitrogen and oxygen atoms in total. The van der Waals surface area contributed by atoms with Crippen molar-refractivity contribution in [3.63, 3.8) is 0 Å². The zero-order valence-corrected chi connectivity index (χ0v) is 23.0. The molecule has 0 aliphatic rings. The maximum atomic E-state index is 7.31. The fourth-order valence-electron chi connectivity index (χ4n) is 4.99. The van der Waals surface area contributed by atoms with Gasteiger partial charge in [-0.25, -0.2) is 0 Å². The molecule has 1 N–H and O–H groups in total. The molecule has 0 heterocycles. The Kier molecular flexibility index (Phi) is 7.34. The molecule has 0 radical (unpaired) electrons. The van der Waals surface area contributed by atoms with Gasteiger partial charge in [-0.2, -0.15) is 0 Å². The summed E-state index contributed by atoms with van der Waals surface area (Å²) in [5.74, 6) is 0. The van der Waals surface area contributed by atoms with E-state index in [1.807, 2.05) is 18.2 Å². The van der Waals surface area contributed by atoms with E-state index in [9.17, 15) is 0 Å². The zero-order valence-electron chi connectivity index (χ0n) is 22.3. The van der Waals surface area contributed by atoms with Crippen molar-refractivity contribution in [2.24, 2.45) is 0 Å². The molecule has 6 aromatic rings. The maximum absolute atomic E-state index is 7.31. The summed E-state index contributed by atoms with van der Waals surface area (Å²) in [5, 5.41) is 4.29. The smallest absolute Gasteiger partial charge is 0.0881 e. The van der Waals surface area contributed by atoms with Crippen LogP contribution in [0.2, 0.25) is 5.02 Å². The molecule has 0 fully saturated rings. The average Bonchev–Trinajstić information content (AvgIpc) is 3.01. The molecule has 0 aliphatic heterocycles. The summed E-state index contributed by atoms with van der Waals surface area (Å²) in [6, 6.07) is 52.5. The molecule has 0 aromatic heterocycles. The molecule has 0 atom stereocenters. The number of benzene rings is 6. The number of aryl methyl sites for hydroxylation is 1. The highest BCUT2D eigenvalue weighted by molar-refractivity contribution is 6.36. The lowest BCUT2D eigenvalue weighted by atomic mass is 10.0. The highest BCUT2D eigenvalue weighted by atomic mass is 35.5. The van der Waals surface area contributed by atoms with Crippen LogP contribution in [0.15, 0.2) is 152 Å². The van der Waals surface area contributed by atoms with E-state index in [2.05, 4.69) is 151 Å². The number of nitrogens with one attached hydrogen (secondary N) is 1. The second-order valence-corrected chi connectivity index (χ2v) is 10.2. The molecule has 0 saturated heterocycles. The zero-order chi connectivity index (χ0) is 27.3. The quantitative estimate of drug-likeness (QED) is 0.218. The number of halogens is 1. The fourth-order valence-corrected chi connectivity index (χ4v) is 5.23. The van der Waals surface area contributed by atoms with Gasteiger partial charge >= 0.3 is 0 Å². The first-order valence-corrected chi connectivity index (χ1v) is 13.8. The number of anilines is 5. The standard InChI is InChI=1S/C37H29ClN2/c1-27-13-11-22-34(23-27)40(33-20-9-4-10-21-33)36-26-31(29-16-7-3-8-17-29)25-35(37(36)38)39-32-19-12-18-30(24-32)28-14-5-2-6-15-28/h2-26,39H,1H3. The van der Waals surface area contributed by atoms with Gasteiger partial charge in [-0.1, -0.05) is 115 Å². The minimum Gasteiger partial charge on any atom is -0.354 e. The van der Waals surface area contributed by atoms with Crippen LogP contribution in [-0.2, 0) is 0 Å². The largest absolute Gasteiger partial charge is 0.354 e. The Morgan fingerprint density at radius 2 is 1.07 bits per heavy atom. The summed E-state index contributed by atoms with van der Waals surface area (Å²) >= 11 is 7.31. The molecule has 40 heavy (non-hydrogen) atoms. The van der Waals surface area contributed by atoms with Crippen LogP contribution in [0.25, 0.3) is 22.3 Å². The van der Waals surface area contributed by atoms with Gasteiger partial charge in [0.2, 0.25) is 0 Å². The molecular weight excluding hydrogens is 508 g/mol. The lowest BCUT2D eigenvalue weighted by Gasteiger charge is -2.28. The monoisotopic (exact) mass is 536 g/mol. The average molecular weight is 537 g/mol. The van der Waals surface area contributed by atoms with Crippen LogP contribution in [0.4, 0.5) is 28.4 Å². The van der Waals surface area contributed by atoms with Gasteiger partial charge in [-0.3, -0.25) is 0 Å². The molecule has 0 spiro atoms. The molecule has 0 amide bonds. The topological polar surface area (TPSA) is 15.3 Å². The predicted molar refractivity (Wildman–Crippen MR) is 171 cm³/mol. The Morgan fingerprint density at radius 1 is 0.500 bits per heavy atom. The first kappa shape index (κ1) is 25.5. The summed E-state index contributed by atoms with van der Waals surface area (Å²) < 4.78 is 0. The van der Waals surface area contributed by atoms with Crippen LogP contribution < -0.4 is 10.2 Å². The van der Waals surface area contributed by atoms with Gasteiger partial charge in [0.15, 0.2) is 0 Å². The normalized spacial score (nSPS) is 10.8. The summed E-state index contributed by atoms with van der Waals surface area (Å²) in [6.07, 6.45) is 0. The van der Waals surface area contributed by atoms with Crippen LogP contribution in [-0.4, -0.2) is 0 Å². The Morgan fingerprint density at radius 3 is 1.75 bits per heavy atom. The van der Waals surface area contributed by atoms with Gasteiger partial charge in [0.1, 0.15) is 0 Å². The van der Waals surface area contributed by atoms with E-state index in [0.717, 1.165) is 45.1 Å². The first-order chi connectivity index (χ1) is 19.7. The summed E-state index contributed by atoms with van der Waals surface area (Å²) in [5.41, 5.74) is 10.5. The molecule has 194 valence electrons. The van der Waals surface area contributed by atoms with Crippen LogP contribution in [0, 0.1) is 6.92 Å². The van der Waals surface area contributed by atoms with E-state index < -0.39 is 0 Å². The van der Waals surface area contributed by atoms with Gasteiger partial charge in [0, 0.05) is 17.1 Å². The van der Waals surface area contributed by atoms with E-state index in [1.165, 1.54) is 11.1 Å². The molecule has 0 aliphatic carbocycles. The Labute approximate surface area is 241 Å². The highest BCUT2D eigenvalue weighted by Gasteiger charge is 2.20. The predicted octanol–water partition coefficient (Wildman–Crippen LogP) is 11.2.